The smallest absolute Gasteiger partial charge is 0.255 e. The Labute approximate surface area is 118 Å². The largest absolute Gasteiger partial charge is 0.496 e. The van der Waals surface area contributed by atoms with Crippen LogP contribution in [0.2, 0.25) is 0 Å². The van der Waals surface area contributed by atoms with E-state index in [2.05, 4.69) is 17.4 Å². The number of amides is 1. The fourth-order valence-corrected chi connectivity index (χ4v) is 2.78. The van der Waals surface area contributed by atoms with Crippen molar-refractivity contribution in [2.24, 2.45) is 0 Å². The maximum absolute atomic E-state index is 12.4. The van der Waals surface area contributed by atoms with Gasteiger partial charge in [-0.1, -0.05) is 36.4 Å². The lowest BCUT2D eigenvalue weighted by molar-refractivity contribution is 0.0933. The van der Waals surface area contributed by atoms with E-state index in [0.717, 1.165) is 12.8 Å². The van der Waals surface area contributed by atoms with Gasteiger partial charge in [0, 0.05) is 0 Å². The second-order valence-corrected chi connectivity index (χ2v) is 4.96. The van der Waals surface area contributed by atoms with Crippen molar-refractivity contribution in [2.75, 3.05) is 7.11 Å². The molecule has 1 amide bonds. The second kappa shape index (κ2) is 5.37. The number of hydrogen-bond acceptors (Lipinski definition) is 2. The van der Waals surface area contributed by atoms with Gasteiger partial charge in [-0.15, -0.1) is 0 Å². The minimum atomic E-state index is -0.0795. The number of para-hydroxylation sites is 1. The van der Waals surface area contributed by atoms with Crippen LogP contribution < -0.4 is 10.1 Å². The zero-order valence-electron chi connectivity index (χ0n) is 11.4. The molecular weight excluding hydrogens is 250 g/mol. The van der Waals surface area contributed by atoms with Crippen LogP contribution in [0.3, 0.4) is 0 Å². The van der Waals surface area contributed by atoms with Gasteiger partial charge in [0.25, 0.3) is 5.91 Å². The molecule has 20 heavy (non-hydrogen) atoms. The average Bonchev–Trinajstić information content (AvgIpc) is 2.90. The van der Waals surface area contributed by atoms with Crippen LogP contribution >= 0.6 is 0 Å². The number of fused-ring (bicyclic) bond motifs is 1. The van der Waals surface area contributed by atoms with E-state index >= 15 is 0 Å². The third kappa shape index (κ3) is 2.27. The molecule has 0 spiro atoms. The fourth-order valence-electron chi connectivity index (χ4n) is 2.78. The number of ether oxygens (including phenoxy) is 1. The third-order valence-corrected chi connectivity index (χ3v) is 3.79. The molecule has 0 radical (unpaired) electrons. The van der Waals surface area contributed by atoms with Crippen LogP contribution in [0.4, 0.5) is 0 Å². The average molecular weight is 267 g/mol. The Morgan fingerprint density at radius 1 is 1.15 bits per heavy atom. The zero-order valence-corrected chi connectivity index (χ0v) is 11.4. The van der Waals surface area contributed by atoms with E-state index in [9.17, 15) is 4.79 Å². The van der Waals surface area contributed by atoms with Gasteiger partial charge in [0.2, 0.25) is 0 Å². The summed E-state index contributed by atoms with van der Waals surface area (Å²) in [4.78, 5) is 12.4. The summed E-state index contributed by atoms with van der Waals surface area (Å²) in [6.45, 7) is 0. The summed E-state index contributed by atoms with van der Waals surface area (Å²) in [7, 11) is 1.58. The molecule has 1 aliphatic rings. The first-order valence-corrected chi connectivity index (χ1v) is 6.81. The Morgan fingerprint density at radius 2 is 1.90 bits per heavy atom. The minimum Gasteiger partial charge on any atom is -0.496 e. The van der Waals surface area contributed by atoms with Crippen molar-refractivity contribution < 1.29 is 9.53 Å². The molecule has 0 aromatic heterocycles. The Balaban J connectivity index is 1.81. The number of carbonyl (C=O) groups is 1. The number of hydrogen-bond donors (Lipinski definition) is 1. The highest BCUT2D eigenvalue weighted by atomic mass is 16.5. The van der Waals surface area contributed by atoms with Gasteiger partial charge < -0.3 is 10.1 Å². The summed E-state index contributed by atoms with van der Waals surface area (Å²) in [5.74, 6) is 0.528. The van der Waals surface area contributed by atoms with Gasteiger partial charge in [0.15, 0.2) is 0 Å². The van der Waals surface area contributed by atoms with Crippen LogP contribution in [0.15, 0.2) is 48.5 Å². The summed E-state index contributed by atoms with van der Waals surface area (Å²) in [6, 6.07) is 15.7. The predicted molar refractivity (Wildman–Crippen MR) is 78.0 cm³/mol. The van der Waals surface area contributed by atoms with Crippen LogP contribution in [0.5, 0.6) is 5.75 Å². The minimum absolute atomic E-state index is 0.0795. The maximum atomic E-state index is 12.4. The van der Waals surface area contributed by atoms with Gasteiger partial charge in [-0.25, -0.2) is 0 Å². The van der Waals surface area contributed by atoms with Crippen LogP contribution in [-0.4, -0.2) is 13.0 Å². The van der Waals surface area contributed by atoms with Crippen molar-refractivity contribution in [3.05, 3.63) is 65.2 Å². The Kier molecular flexibility index (Phi) is 3.42. The lowest BCUT2D eigenvalue weighted by Crippen LogP contribution is -2.27. The Bertz CT molecular complexity index is 636. The van der Waals surface area contributed by atoms with Crippen molar-refractivity contribution in [2.45, 2.75) is 18.9 Å². The SMILES string of the molecule is COc1ccccc1C(=O)NC1CCc2ccccc21. The van der Waals surface area contributed by atoms with E-state index in [1.54, 1.807) is 19.2 Å². The molecule has 0 heterocycles. The Morgan fingerprint density at radius 3 is 2.75 bits per heavy atom. The summed E-state index contributed by atoms with van der Waals surface area (Å²) in [5.41, 5.74) is 3.15. The molecule has 0 aliphatic heterocycles. The third-order valence-electron chi connectivity index (χ3n) is 3.79. The second-order valence-electron chi connectivity index (χ2n) is 4.96. The number of nitrogens with one attached hydrogen (secondary N) is 1. The molecule has 2 aromatic rings. The lowest BCUT2D eigenvalue weighted by Gasteiger charge is -2.15. The van der Waals surface area contributed by atoms with Crippen molar-refractivity contribution >= 4 is 5.91 Å². The zero-order chi connectivity index (χ0) is 13.9. The van der Waals surface area contributed by atoms with Gasteiger partial charge in [0.1, 0.15) is 5.75 Å². The first-order chi connectivity index (χ1) is 9.79. The van der Waals surface area contributed by atoms with Gasteiger partial charge in [-0.05, 0) is 36.1 Å². The molecule has 1 unspecified atom stereocenters. The lowest BCUT2D eigenvalue weighted by atomic mass is 10.1. The van der Waals surface area contributed by atoms with Crippen molar-refractivity contribution in [1.29, 1.82) is 0 Å². The van der Waals surface area contributed by atoms with E-state index in [1.807, 2.05) is 24.3 Å². The first kappa shape index (κ1) is 12.7. The number of rotatable bonds is 3. The first-order valence-electron chi connectivity index (χ1n) is 6.81. The summed E-state index contributed by atoms with van der Waals surface area (Å²) in [5, 5.41) is 3.11. The van der Waals surface area contributed by atoms with Crippen molar-refractivity contribution in [3.63, 3.8) is 0 Å². The molecule has 1 atom stereocenters. The van der Waals surface area contributed by atoms with E-state index < -0.39 is 0 Å². The van der Waals surface area contributed by atoms with Crippen LogP contribution in [0, 0.1) is 0 Å². The molecule has 3 heteroatoms. The molecule has 102 valence electrons. The molecule has 1 aliphatic carbocycles. The van der Waals surface area contributed by atoms with Gasteiger partial charge in [0.05, 0.1) is 18.7 Å². The molecule has 3 nitrogen and oxygen atoms in total. The molecular formula is C17H17NO2. The topological polar surface area (TPSA) is 38.3 Å². The highest BCUT2D eigenvalue weighted by molar-refractivity contribution is 5.97. The fraction of sp³-hybridized carbons (Fsp3) is 0.235. The number of benzene rings is 2. The van der Waals surface area contributed by atoms with Crippen LogP contribution in [-0.2, 0) is 6.42 Å². The number of methoxy groups -OCH3 is 1. The monoisotopic (exact) mass is 267 g/mol. The van der Waals surface area contributed by atoms with E-state index in [0.29, 0.717) is 11.3 Å². The van der Waals surface area contributed by atoms with Crippen molar-refractivity contribution in [1.82, 2.24) is 5.32 Å². The standard InChI is InChI=1S/C17H17NO2/c1-20-16-9-5-4-8-14(16)17(19)18-15-11-10-12-6-2-3-7-13(12)15/h2-9,15H,10-11H2,1H3,(H,18,19). The number of carbonyl (C=O) groups excluding carboxylic acids is 1. The molecule has 0 bridgehead atoms. The molecule has 0 saturated heterocycles. The van der Waals surface area contributed by atoms with E-state index in [1.165, 1.54) is 11.1 Å². The summed E-state index contributed by atoms with van der Waals surface area (Å²) >= 11 is 0. The van der Waals surface area contributed by atoms with Gasteiger partial charge in [-0.2, -0.15) is 0 Å². The maximum Gasteiger partial charge on any atom is 0.255 e. The molecule has 3 rings (SSSR count). The number of aryl methyl sites for hydroxylation is 1. The van der Waals surface area contributed by atoms with E-state index in [4.69, 9.17) is 4.74 Å². The highest BCUT2D eigenvalue weighted by Gasteiger charge is 2.24. The normalized spacial score (nSPS) is 16.6. The Hall–Kier alpha value is -2.29. The molecule has 0 fully saturated rings. The predicted octanol–water partition coefficient (Wildman–Crippen LogP) is 3.11. The molecule has 1 N–H and O–H groups in total. The van der Waals surface area contributed by atoms with Crippen LogP contribution in [0.1, 0.15) is 33.9 Å². The molecule has 2 aromatic carbocycles. The van der Waals surface area contributed by atoms with Crippen molar-refractivity contribution in [3.8, 4) is 5.75 Å². The quantitative estimate of drug-likeness (QED) is 0.928. The van der Waals surface area contributed by atoms with E-state index in [-0.39, 0.29) is 11.9 Å². The van der Waals surface area contributed by atoms with Crippen LogP contribution in [0.25, 0.3) is 0 Å². The summed E-state index contributed by atoms with van der Waals surface area (Å²) < 4.78 is 5.24. The van der Waals surface area contributed by atoms with Gasteiger partial charge >= 0.3 is 0 Å². The molecule has 0 saturated carbocycles. The highest BCUT2D eigenvalue weighted by Crippen LogP contribution is 2.31. The summed E-state index contributed by atoms with van der Waals surface area (Å²) in [6.07, 6.45) is 1.98. The van der Waals surface area contributed by atoms with Gasteiger partial charge in [-0.3, -0.25) is 4.79 Å².